The van der Waals surface area contributed by atoms with E-state index in [9.17, 15) is 14.4 Å². The van der Waals surface area contributed by atoms with Gasteiger partial charge in [-0.1, -0.05) is 48.5 Å². The molecule has 0 N–H and O–H groups in total. The number of hydrogen-bond acceptors (Lipinski definition) is 5. The Bertz CT molecular complexity index is 988. The average molecular weight is 390 g/mol. The number of ether oxygens (including phenoxy) is 1. The van der Waals surface area contributed by atoms with Gasteiger partial charge in [-0.05, 0) is 31.5 Å². The summed E-state index contributed by atoms with van der Waals surface area (Å²) in [5.74, 6) is -2.33. The van der Waals surface area contributed by atoms with Crippen LogP contribution in [0.25, 0.3) is 0 Å². The molecule has 0 spiro atoms. The van der Waals surface area contributed by atoms with Crippen LogP contribution in [-0.4, -0.2) is 40.9 Å². The third kappa shape index (κ3) is 2.42. The van der Waals surface area contributed by atoms with Crippen molar-refractivity contribution in [3.05, 3.63) is 66.2 Å². The molecule has 29 heavy (non-hydrogen) atoms. The lowest BCUT2D eigenvalue weighted by Gasteiger charge is -2.45. The molecule has 3 heterocycles. The highest BCUT2D eigenvalue weighted by Gasteiger charge is 2.70. The second-order valence-corrected chi connectivity index (χ2v) is 8.41. The normalized spacial score (nSPS) is 30.8. The molecule has 3 saturated heterocycles. The Balaban J connectivity index is 1.60. The van der Waals surface area contributed by atoms with Crippen molar-refractivity contribution in [2.75, 3.05) is 11.5 Å². The molecule has 3 fully saturated rings. The van der Waals surface area contributed by atoms with E-state index < -0.39 is 29.4 Å². The van der Waals surface area contributed by atoms with Crippen molar-refractivity contribution in [2.45, 2.75) is 31.5 Å². The second-order valence-electron chi connectivity index (χ2n) is 8.41. The van der Waals surface area contributed by atoms with Gasteiger partial charge in [0.25, 0.3) is 0 Å². The Kier molecular flexibility index (Phi) is 3.90. The number of cyclic esters (lactones) is 1. The first-order chi connectivity index (χ1) is 13.9. The van der Waals surface area contributed by atoms with Crippen molar-refractivity contribution in [3.8, 4) is 0 Å². The first-order valence-corrected chi connectivity index (χ1v) is 9.86. The minimum absolute atomic E-state index is 0.190. The van der Waals surface area contributed by atoms with Crippen LogP contribution in [0.4, 0.5) is 5.69 Å². The van der Waals surface area contributed by atoms with E-state index in [-0.39, 0.29) is 24.5 Å². The van der Waals surface area contributed by atoms with Crippen molar-refractivity contribution < 1.29 is 19.1 Å². The third-order valence-electron chi connectivity index (χ3n) is 6.58. The third-order valence-corrected chi connectivity index (χ3v) is 6.58. The molecule has 4 atom stereocenters. The lowest BCUT2D eigenvalue weighted by atomic mass is 9.82. The summed E-state index contributed by atoms with van der Waals surface area (Å²) in [6.07, 6.45) is 0. The summed E-state index contributed by atoms with van der Waals surface area (Å²) in [7, 11) is 0. The second kappa shape index (κ2) is 6.26. The topological polar surface area (TPSA) is 66.9 Å². The Hall–Kier alpha value is -2.99. The molecular weight excluding hydrogens is 368 g/mol. The van der Waals surface area contributed by atoms with Crippen LogP contribution in [0.3, 0.4) is 0 Å². The summed E-state index contributed by atoms with van der Waals surface area (Å²) in [6.45, 7) is 4.13. The van der Waals surface area contributed by atoms with Gasteiger partial charge in [0.2, 0.25) is 11.8 Å². The van der Waals surface area contributed by atoms with Crippen LogP contribution in [0.5, 0.6) is 0 Å². The highest BCUT2D eigenvalue weighted by molar-refractivity contribution is 6.24. The maximum atomic E-state index is 13.4. The van der Waals surface area contributed by atoms with Crippen LogP contribution in [0.1, 0.15) is 25.5 Å². The number of amides is 2. The lowest BCUT2D eigenvalue weighted by molar-refractivity contribution is -0.167. The molecule has 0 bridgehead atoms. The fourth-order valence-corrected chi connectivity index (χ4v) is 5.39. The number of fused-ring (bicyclic) bond motifs is 3. The molecule has 0 radical (unpaired) electrons. The van der Waals surface area contributed by atoms with Gasteiger partial charge in [-0.25, -0.2) is 4.90 Å². The molecule has 2 aromatic rings. The van der Waals surface area contributed by atoms with E-state index in [2.05, 4.69) is 0 Å². The molecule has 3 aliphatic heterocycles. The lowest BCUT2D eigenvalue weighted by Crippen LogP contribution is -2.57. The summed E-state index contributed by atoms with van der Waals surface area (Å²) in [6, 6.07) is 17.8. The Morgan fingerprint density at radius 2 is 1.52 bits per heavy atom. The van der Waals surface area contributed by atoms with E-state index in [0.717, 1.165) is 5.56 Å². The summed E-state index contributed by atoms with van der Waals surface area (Å²) < 4.78 is 5.52. The molecule has 0 saturated carbocycles. The fraction of sp³-hybridized carbons (Fsp3) is 0.348. The molecule has 1 unspecified atom stereocenters. The molecule has 5 rings (SSSR count). The summed E-state index contributed by atoms with van der Waals surface area (Å²) in [4.78, 5) is 43.0. The van der Waals surface area contributed by atoms with Gasteiger partial charge in [-0.3, -0.25) is 19.3 Å². The molecular formula is C23H22N2O4. The Morgan fingerprint density at radius 3 is 2.17 bits per heavy atom. The number of imide groups is 1. The molecule has 2 amide bonds. The number of rotatable bonds is 2. The minimum atomic E-state index is -0.765. The van der Waals surface area contributed by atoms with Crippen molar-refractivity contribution >= 4 is 23.5 Å². The average Bonchev–Trinajstić information content (AvgIpc) is 3.14. The van der Waals surface area contributed by atoms with Crippen molar-refractivity contribution in [1.82, 2.24) is 4.90 Å². The summed E-state index contributed by atoms with van der Waals surface area (Å²) in [5, 5.41) is 0. The Morgan fingerprint density at radius 1 is 0.897 bits per heavy atom. The number of para-hydroxylation sites is 1. The predicted molar refractivity (Wildman–Crippen MR) is 106 cm³/mol. The van der Waals surface area contributed by atoms with E-state index in [1.165, 1.54) is 4.90 Å². The number of esters is 1. The monoisotopic (exact) mass is 390 g/mol. The zero-order chi connectivity index (χ0) is 20.3. The number of morpholine rings is 1. The number of carbonyl (C=O) groups excluding carboxylic acids is 3. The van der Waals surface area contributed by atoms with Gasteiger partial charge < -0.3 is 4.74 Å². The predicted octanol–water partition coefficient (Wildman–Crippen LogP) is 2.55. The standard InChI is InChI=1S/C23H22N2O4/c1-23(2)18-17(20(26)24(21(18)27)15-11-7-4-8-12-15)19-22(28)29-13-16(25(19)23)14-9-5-3-6-10-14/h3-12,16-19H,13H2,1-2H3/t16-,17+,18+,19?/m1/s1. The number of benzene rings is 2. The highest BCUT2D eigenvalue weighted by atomic mass is 16.5. The molecule has 0 aliphatic carbocycles. The van der Waals surface area contributed by atoms with Crippen molar-refractivity contribution in [1.29, 1.82) is 0 Å². The minimum Gasteiger partial charge on any atom is -0.462 e. The SMILES string of the molecule is CC1(C)[C@@H]2C(=O)N(c3ccccc3)C(=O)[C@@H]2C2C(=O)OC[C@H](c3ccccc3)N21. The van der Waals surface area contributed by atoms with Gasteiger partial charge in [0.1, 0.15) is 12.6 Å². The molecule has 6 nitrogen and oxygen atoms in total. The first-order valence-electron chi connectivity index (χ1n) is 9.86. The van der Waals surface area contributed by atoms with E-state index in [4.69, 9.17) is 4.74 Å². The molecule has 6 heteroatoms. The smallest absolute Gasteiger partial charge is 0.324 e. The van der Waals surface area contributed by atoms with Gasteiger partial charge in [-0.2, -0.15) is 0 Å². The summed E-state index contributed by atoms with van der Waals surface area (Å²) in [5.41, 5.74) is 0.881. The maximum absolute atomic E-state index is 13.4. The molecule has 2 aromatic carbocycles. The zero-order valence-electron chi connectivity index (χ0n) is 16.3. The molecule has 0 aromatic heterocycles. The van der Waals surface area contributed by atoms with Crippen LogP contribution < -0.4 is 4.90 Å². The van der Waals surface area contributed by atoms with Gasteiger partial charge in [0, 0.05) is 5.54 Å². The highest BCUT2D eigenvalue weighted by Crippen LogP contribution is 2.54. The van der Waals surface area contributed by atoms with Crippen LogP contribution in [0.2, 0.25) is 0 Å². The van der Waals surface area contributed by atoms with Crippen LogP contribution >= 0.6 is 0 Å². The van der Waals surface area contributed by atoms with E-state index in [1.54, 1.807) is 24.3 Å². The van der Waals surface area contributed by atoms with Crippen LogP contribution in [0.15, 0.2) is 60.7 Å². The number of nitrogens with zero attached hydrogens (tertiary/aromatic N) is 2. The quantitative estimate of drug-likeness (QED) is 0.582. The van der Waals surface area contributed by atoms with Gasteiger partial charge in [0.15, 0.2) is 0 Å². The molecule has 148 valence electrons. The number of hydrogen-bond donors (Lipinski definition) is 0. The summed E-state index contributed by atoms with van der Waals surface area (Å²) >= 11 is 0. The Labute approximate surface area is 169 Å². The van der Waals surface area contributed by atoms with E-state index >= 15 is 0 Å². The zero-order valence-corrected chi connectivity index (χ0v) is 16.3. The maximum Gasteiger partial charge on any atom is 0.324 e. The van der Waals surface area contributed by atoms with Crippen LogP contribution in [-0.2, 0) is 19.1 Å². The van der Waals surface area contributed by atoms with Crippen LogP contribution in [0, 0.1) is 11.8 Å². The largest absolute Gasteiger partial charge is 0.462 e. The number of carbonyl (C=O) groups is 3. The van der Waals surface area contributed by atoms with Crippen molar-refractivity contribution in [3.63, 3.8) is 0 Å². The first kappa shape index (κ1) is 18.1. The van der Waals surface area contributed by atoms with Gasteiger partial charge >= 0.3 is 5.97 Å². The molecule has 3 aliphatic rings. The van der Waals surface area contributed by atoms with Gasteiger partial charge in [0.05, 0.1) is 23.6 Å². The van der Waals surface area contributed by atoms with Gasteiger partial charge in [-0.15, -0.1) is 0 Å². The van der Waals surface area contributed by atoms with E-state index in [1.807, 2.05) is 55.1 Å². The van der Waals surface area contributed by atoms with Crippen molar-refractivity contribution in [2.24, 2.45) is 11.8 Å². The fourth-order valence-electron chi connectivity index (χ4n) is 5.39. The number of anilines is 1. The van der Waals surface area contributed by atoms with E-state index in [0.29, 0.717) is 5.69 Å².